The maximum Gasteiger partial charge on any atom is 0.352 e. The van der Waals surface area contributed by atoms with E-state index in [2.05, 4.69) is 5.48 Å². The molecular weight excluding hydrogens is 254 g/mol. The van der Waals surface area contributed by atoms with Crippen LogP contribution in [0.25, 0.3) is 0 Å². The second-order valence-electron chi connectivity index (χ2n) is 3.75. The fourth-order valence-electron chi connectivity index (χ4n) is 1.34. The summed E-state index contributed by atoms with van der Waals surface area (Å²) < 4.78 is 5.06. The molecule has 0 saturated heterocycles. The summed E-state index contributed by atoms with van der Waals surface area (Å²) in [7, 11) is 1.48. The number of benzene rings is 1. The SMILES string of the molecule is COc1ccccc1NOC(=O)C(NO)C(C)NO. The van der Waals surface area contributed by atoms with Gasteiger partial charge in [-0.1, -0.05) is 12.1 Å². The first kappa shape index (κ1) is 15.2. The van der Waals surface area contributed by atoms with Gasteiger partial charge in [0.15, 0.2) is 0 Å². The Balaban J connectivity index is 2.62. The molecule has 0 aliphatic heterocycles. The maximum atomic E-state index is 11.6. The van der Waals surface area contributed by atoms with Crippen molar-refractivity contribution in [3.63, 3.8) is 0 Å². The average Bonchev–Trinajstić information content (AvgIpc) is 2.45. The zero-order chi connectivity index (χ0) is 14.3. The summed E-state index contributed by atoms with van der Waals surface area (Å²) in [6, 6.07) is 4.97. The van der Waals surface area contributed by atoms with Crippen LogP contribution in [0.15, 0.2) is 24.3 Å². The summed E-state index contributed by atoms with van der Waals surface area (Å²) in [4.78, 5) is 16.5. The number of para-hydroxylation sites is 2. The zero-order valence-electron chi connectivity index (χ0n) is 10.6. The molecule has 0 aromatic heterocycles. The minimum Gasteiger partial charge on any atom is -0.494 e. The van der Waals surface area contributed by atoms with Gasteiger partial charge < -0.3 is 20.0 Å². The largest absolute Gasteiger partial charge is 0.494 e. The lowest BCUT2D eigenvalue weighted by molar-refractivity contribution is -0.148. The monoisotopic (exact) mass is 271 g/mol. The fourth-order valence-corrected chi connectivity index (χ4v) is 1.34. The van der Waals surface area contributed by atoms with E-state index >= 15 is 0 Å². The normalized spacial score (nSPS) is 13.5. The standard InChI is InChI=1S/C11H17N3O5/c1-7(12-16)10(13-17)11(15)19-14-8-5-3-4-6-9(8)18-2/h3-7,10,12-14,16-17H,1-2H3. The number of ether oxygens (including phenoxy) is 1. The van der Waals surface area contributed by atoms with Gasteiger partial charge in [-0.05, 0) is 19.1 Å². The van der Waals surface area contributed by atoms with Gasteiger partial charge in [0.2, 0.25) is 0 Å². The molecule has 8 nitrogen and oxygen atoms in total. The molecule has 0 amide bonds. The number of carbonyl (C=O) groups excluding carboxylic acids is 1. The topological polar surface area (TPSA) is 112 Å². The number of rotatable bonds is 7. The van der Waals surface area contributed by atoms with Gasteiger partial charge >= 0.3 is 5.97 Å². The number of hydrogen-bond acceptors (Lipinski definition) is 8. The number of hydrogen-bond donors (Lipinski definition) is 5. The third-order valence-electron chi connectivity index (χ3n) is 2.47. The van der Waals surface area contributed by atoms with Crippen LogP contribution in [-0.4, -0.2) is 35.6 Å². The van der Waals surface area contributed by atoms with Crippen LogP contribution < -0.4 is 21.2 Å². The van der Waals surface area contributed by atoms with Crippen molar-refractivity contribution < 1.29 is 24.8 Å². The van der Waals surface area contributed by atoms with Gasteiger partial charge in [-0.3, -0.25) is 0 Å². The lowest BCUT2D eigenvalue weighted by Crippen LogP contribution is -2.50. The molecule has 0 saturated carbocycles. The van der Waals surface area contributed by atoms with E-state index in [0.29, 0.717) is 11.4 Å². The van der Waals surface area contributed by atoms with Gasteiger partial charge in [0, 0.05) is 0 Å². The van der Waals surface area contributed by atoms with Crippen molar-refractivity contribution in [2.24, 2.45) is 0 Å². The van der Waals surface area contributed by atoms with Crippen molar-refractivity contribution in [3.8, 4) is 5.75 Å². The molecule has 0 fully saturated rings. The summed E-state index contributed by atoms with van der Waals surface area (Å²) in [5.41, 5.74) is 6.47. The highest BCUT2D eigenvalue weighted by Gasteiger charge is 2.26. The molecule has 0 aliphatic carbocycles. The quantitative estimate of drug-likeness (QED) is 0.450. The number of nitrogens with one attached hydrogen (secondary N) is 3. The third kappa shape index (κ3) is 4.07. The van der Waals surface area contributed by atoms with E-state index in [0.717, 1.165) is 0 Å². The van der Waals surface area contributed by atoms with E-state index in [4.69, 9.17) is 20.0 Å². The minimum absolute atomic E-state index is 0.458. The van der Waals surface area contributed by atoms with Crippen LogP contribution in [0.2, 0.25) is 0 Å². The molecule has 2 atom stereocenters. The molecule has 1 aromatic rings. The number of carbonyl (C=O) groups is 1. The smallest absolute Gasteiger partial charge is 0.352 e. The van der Waals surface area contributed by atoms with Crippen molar-refractivity contribution in [2.45, 2.75) is 19.0 Å². The van der Waals surface area contributed by atoms with Crippen LogP contribution in [-0.2, 0) is 9.63 Å². The van der Waals surface area contributed by atoms with Crippen molar-refractivity contribution in [3.05, 3.63) is 24.3 Å². The summed E-state index contributed by atoms with van der Waals surface area (Å²) >= 11 is 0. The van der Waals surface area contributed by atoms with Crippen LogP contribution in [0.5, 0.6) is 5.75 Å². The van der Waals surface area contributed by atoms with Gasteiger partial charge in [0.25, 0.3) is 0 Å². The molecule has 1 aromatic carbocycles. The predicted molar refractivity (Wildman–Crippen MR) is 65.8 cm³/mol. The van der Waals surface area contributed by atoms with Crippen molar-refractivity contribution >= 4 is 11.7 Å². The lowest BCUT2D eigenvalue weighted by Gasteiger charge is -2.19. The van der Waals surface area contributed by atoms with Crippen LogP contribution in [0.1, 0.15) is 6.92 Å². The van der Waals surface area contributed by atoms with E-state index in [1.165, 1.54) is 14.0 Å². The molecule has 106 valence electrons. The van der Waals surface area contributed by atoms with Gasteiger partial charge in [-0.2, -0.15) is 5.48 Å². The van der Waals surface area contributed by atoms with E-state index in [1.54, 1.807) is 29.7 Å². The van der Waals surface area contributed by atoms with Crippen LogP contribution in [0.4, 0.5) is 5.69 Å². The Kier molecular flexibility index (Phi) is 6.03. The highest BCUT2D eigenvalue weighted by Crippen LogP contribution is 2.22. The highest BCUT2D eigenvalue weighted by atomic mass is 16.7. The Morgan fingerprint density at radius 1 is 1.26 bits per heavy atom. The van der Waals surface area contributed by atoms with Gasteiger partial charge in [-0.15, -0.1) is 0 Å². The van der Waals surface area contributed by atoms with Gasteiger partial charge in [-0.25, -0.2) is 15.8 Å². The van der Waals surface area contributed by atoms with Crippen molar-refractivity contribution in [2.75, 3.05) is 12.6 Å². The van der Waals surface area contributed by atoms with Crippen molar-refractivity contribution in [1.82, 2.24) is 11.0 Å². The lowest BCUT2D eigenvalue weighted by atomic mass is 10.2. The Morgan fingerprint density at radius 2 is 1.95 bits per heavy atom. The first-order chi connectivity index (χ1) is 9.13. The molecule has 1 rings (SSSR count). The summed E-state index contributed by atoms with van der Waals surface area (Å²) in [5, 5.41) is 17.5. The highest BCUT2D eigenvalue weighted by molar-refractivity contribution is 5.77. The molecule has 0 radical (unpaired) electrons. The Labute approximate surface area is 110 Å². The zero-order valence-corrected chi connectivity index (χ0v) is 10.6. The van der Waals surface area contributed by atoms with Crippen LogP contribution >= 0.6 is 0 Å². The molecule has 8 heteroatoms. The summed E-state index contributed by atoms with van der Waals surface area (Å²) in [5.74, 6) is -0.306. The van der Waals surface area contributed by atoms with Crippen LogP contribution in [0, 0.1) is 0 Å². The predicted octanol–water partition coefficient (Wildman–Crippen LogP) is 0.280. The Morgan fingerprint density at radius 3 is 2.53 bits per heavy atom. The number of methoxy groups -OCH3 is 1. The second kappa shape index (κ2) is 7.54. The first-order valence-electron chi connectivity index (χ1n) is 5.53. The molecule has 0 spiro atoms. The Hall–Kier alpha value is -1.87. The third-order valence-corrected chi connectivity index (χ3v) is 2.47. The fraction of sp³-hybridized carbons (Fsp3) is 0.364. The van der Waals surface area contributed by atoms with Crippen molar-refractivity contribution in [1.29, 1.82) is 0 Å². The van der Waals surface area contributed by atoms with Crippen LogP contribution in [0.3, 0.4) is 0 Å². The van der Waals surface area contributed by atoms with Gasteiger partial charge in [0.05, 0.1) is 13.2 Å². The van der Waals surface area contributed by atoms with E-state index in [-0.39, 0.29) is 0 Å². The summed E-state index contributed by atoms with van der Waals surface area (Å²) in [6.45, 7) is 1.48. The van der Waals surface area contributed by atoms with E-state index < -0.39 is 18.1 Å². The average molecular weight is 271 g/mol. The Bertz CT molecular complexity index is 415. The van der Waals surface area contributed by atoms with E-state index in [9.17, 15) is 4.79 Å². The minimum atomic E-state index is -1.13. The second-order valence-corrected chi connectivity index (χ2v) is 3.75. The molecule has 0 bridgehead atoms. The summed E-state index contributed by atoms with van der Waals surface area (Å²) in [6.07, 6.45) is 0. The maximum absolute atomic E-state index is 11.6. The number of anilines is 1. The molecule has 2 unspecified atom stereocenters. The van der Waals surface area contributed by atoms with Gasteiger partial charge in [0.1, 0.15) is 17.5 Å². The molecule has 0 heterocycles. The number of hydroxylamine groups is 2. The molecule has 19 heavy (non-hydrogen) atoms. The van der Waals surface area contributed by atoms with E-state index in [1.807, 2.05) is 5.48 Å². The first-order valence-corrected chi connectivity index (χ1v) is 5.53. The molecule has 0 aliphatic rings. The molecular formula is C11H17N3O5. The molecule has 5 N–H and O–H groups in total.